The number of aldehydes is 1. The van der Waals surface area contributed by atoms with E-state index in [1.807, 2.05) is 0 Å². The fourth-order valence-corrected chi connectivity index (χ4v) is 3.56. The van der Waals surface area contributed by atoms with Crippen molar-refractivity contribution in [2.75, 3.05) is 0 Å². The molecule has 0 saturated heterocycles. The average molecular weight is 551 g/mol. The van der Waals surface area contributed by atoms with E-state index < -0.39 is 34.6 Å². The van der Waals surface area contributed by atoms with Gasteiger partial charge in [0.05, 0.1) is 18.7 Å². The molecule has 4 rings (SSSR count). The minimum absolute atomic E-state index is 0.0157. The van der Waals surface area contributed by atoms with Crippen molar-refractivity contribution < 1.29 is 31.9 Å². The van der Waals surface area contributed by atoms with E-state index in [0.717, 1.165) is 27.6 Å². The second-order valence-corrected chi connectivity index (χ2v) is 8.32. The molecule has 0 saturated carbocycles. The number of hydrogen-bond acceptors (Lipinski definition) is 5. The third-order valence-electron chi connectivity index (χ3n) is 5.26. The number of benzene rings is 2. The van der Waals surface area contributed by atoms with Gasteiger partial charge in [0.2, 0.25) is 0 Å². The molecule has 38 heavy (non-hydrogen) atoms. The lowest BCUT2D eigenvalue weighted by Crippen LogP contribution is -2.17. The van der Waals surface area contributed by atoms with Crippen LogP contribution in [0, 0.1) is 23.3 Å². The molecule has 2 aromatic carbocycles. The molecule has 0 radical (unpaired) electrons. The number of Topliss-reactive ketones (excluding diaryl/α,β-unsaturated/α-hetero) is 2. The summed E-state index contributed by atoms with van der Waals surface area (Å²) in [5, 5.41) is 6.31. The van der Waals surface area contributed by atoms with Crippen LogP contribution in [0.4, 0.5) is 17.6 Å². The second-order valence-electron chi connectivity index (χ2n) is 7.96. The summed E-state index contributed by atoms with van der Waals surface area (Å²) < 4.78 is 55.2. The lowest BCUT2D eigenvalue weighted by atomic mass is 10.2. The molecular weight excluding hydrogens is 532 g/mol. The fraction of sp³-hybridized carbons (Fsp3) is 0.160. The zero-order valence-electron chi connectivity index (χ0n) is 19.9. The molecule has 0 amide bonds. The van der Waals surface area contributed by atoms with E-state index >= 15 is 0 Å². The summed E-state index contributed by atoms with van der Waals surface area (Å²) in [5.74, 6) is -4.72. The van der Waals surface area contributed by atoms with E-state index in [9.17, 15) is 36.7 Å². The second kappa shape index (κ2) is 11.8. The largest absolute Gasteiger partial charge is 0.298 e. The number of aromatic amines is 1. The van der Waals surface area contributed by atoms with Crippen LogP contribution in [-0.4, -0.2) is 37.4 Å². The highest BCUT2D eigenvalue weighted by Gasteiger charge is 2.20. The lowest BCUT2D eigenvalue weighted by molar-refractivity contribution is 0.0997. The van der Waals surface area contributed by atoms with Gasteiger partial charge in [-0.3, -0.25) is 24.3 Å². The van der Waals surface area contributed by atoms with Crippen LogP contribution in [0.1, 0.15) is 56.3 Å². The van der Waals surface area contributed by atoms with Gasteiger partial charge in [-0.05, 0) is 12.1 Å². The number of ketones is 2. The fourth-order valence-electron chi connectivity index (χ4n) is 3.33. The minimum atomic E-state index is -1.02. The van der Waals surface area contributed by atoms with Crippen LogP contribution >= 0.6 is 11.6 Å². The van der Waals surface area contributed by atoms with Gasteiger partial charge in [0.25, 0.3) is 5.56 Å². The SMILES string of the molecule is CC(=O)c1cc(=O)n(Cc2cccc(F)c2F)[nH]1.CC(=O)c1nn(Cc2cccc(F)c2F)c(Cl)c1C=O. The maximum atomic E-state index is 13.6. The van der Waals surface area contributed by atoms with Gasteiger partial charge in [0.15, 0.2) is 41.1 Å². The van der Waals surface area contributed by atoms with Crippen LogP contribution in [0.15, 0.2) is 47.3 Å². The Kier molecular flexibility index (Phi) is 8.79. The summed E-state index contributed by atoms with van der Waals surface area (Å²) in [6.45, 7) is 2.20. The molecule has 0 unspecified atom stereocenters. The first kappa shape index (κ1) is 28.3. The Hall–Kier alpha value is -4.32. The third kappa shape index (κ3) is 6.14. The molecule has 0 fully saturated rings. The molecule has 2 heterocycles. The summed E-state index contributed by atoms with van der Waals surface area (Å²) in [6.07, 6.45) is 0.407. The monoisotopic (exact) mass is 550 g/mol. The summed E-state index contributed by atoms with van der Waals surface area (Å²) in [7, 11) is 0. The summed E-state index contributed by atoms with van der Waals surface area (Å²) >= 11 is 5.92. The number of aromatic nitrogens is 4. The van der Waals surface area contributed by atoms with Gasteiger partial charge in [0.1, 0.15) is 16.5 Å². The Bertz CT molecular complexity index is 1590. The molecule has 0 spiro atoms. The molecular formula is C25H19ClF4N4O4. The molecule has 0 aliphatic carbocycles. The van der Waals surface area contributed by atoms with Gasteiger partial charge in [-0.25, -0.2) is 26.9 Å². The van der Waals surface area contributed by atoms with Crippen molar-refractivity contribution in [3.63, 3.8) is 0 Å². The number of nitrogens with one attached hydrogen (secondary N) is 1. The molecule has 4 aromatic rings. The quantitative estimate of drug-likeness (QED) is 0.206. The number of carbonyl (C=O) groups is 3. The first-order valence-corrected chi connectivity index (χ1v) is 11.2. The van der Waals surface area contributed by atoms with Gasteiger partial charge in [-0.1, -0.05) is 35.9 Å². The lowest BCUT2D eigenvalue weighted by Gasteiger charge is -2.05. The van der Waals surface area contributed by atoms with Crippen LogP contribution < -0.4 is 5.56 Å². The Morgan fingerprint density at radius 1 is 0.947 bits per heavy atom. The van der Waals surface area contributed by atoms with Crippen LogP contribution in [0.2, 0.25) is 5.15 Å². The summed E-state index contributed by atoms with van der Waals surface area (Å²) in [4.78, 5) is 44.8. The van der Waals surface area contributed by atoms with Crippen molar-refractivity contribution in [2.24, 2.45) is 0 Å². The molecule has 0 bridgehead atoms. The van der Waals surface area contributed by atoms with Crippen molar-refractivity contribution in [3.05, 3.63) is 109 Å². The molecule has 8 nitrogen and oxygen atoms in total. The number of carbonyl (C=O) groups excluding carboxylic acids is 3. The first-order chi connectivity index (χ1) is 17.9. The predicted molar refractivity (Wildman–Crippen MR) is 129 cm³/mol. The van der Waals surface area contributed by atoms with Crippen LogP contribution in [0.3, 0.4) is 0 Å². The smallest absolute Gasteiger partial charge is 0.267 e. The number of halogens is 5. The van der Waals surface area contributed by atoms with Gasteiger partial charge in [0, 0.05) is 31.0 Å². The molecule has 0 atom stereocenters. The number of rotatable bonds is 7. The molecule has 198 valence electrons. The summed E-state index contributed by atoms with van der Waals surface area (Å²) in [5.41, 5.74) is -0.436. The van der Waals surface area contributed by atoms with E-state index in [4.69, 9.17) is 11.6 Å². The van der Waals surface area contributed by atoms with Crippen molar-refractivity contribution >= 4 is 29.5 Å². The van der Waals surface area contributed by atoms with Gasteiger partial charge >= 0.3 is 0 Å². The van der Waals surface area contributed by atoms with E-state index in [-0.39, 0.29) is 52.1 Å². The molecule has 2 aromatic heterocycles. The maximum Gasteiger partial charge on any atom is 0.267 e. The van der Waals surface area contributed by atoms with Crippen molar-refractivity contribution in [3.8, 4) is 0 Å². The van der Waals surface area contributed by atoms with Crippen LogP contribution in [0.25, 0.3) is 0 Å². The van der Waals surface area contributed by atoms with Gasteiger partial charge < -0.3 is 0 Å². The Morgan fingerprint density at radius 2 is 1.50 bits per heavy atom. The van der Waals surface area contributed by atoms with Gasteiger partial charge in [-0.15, -0.1) is 0 Å². The van der Waals surface area contributed by atoms with Crippen molar-refractivity contribution in [2.45, 2.75) is 26.9 Å². The first-order valence-electron chi connectivity index (χ1n) is 10.8. The summed E-state index contributed by atoms with van der Waals surface area (Å²) in [6, 6.07) is 8.55. The minimum Gasteiger partial charge on any atom is -0.298 e. The Labute approximate surface area is 217 Å². The number of nitrogens with zero attached hydrogens (tertiary/aromatic N) is 3. The zero-order chi connectivity index (χ0) is 28.1. The van der Waals surface area contributed by atoms with Crippen molar-refractivity contribution in [1.82, 2.24) is 19.6 Å². The highest BCUT2D eigenvalue weighted by Crippen LogP contribution is 2.21. The van der Waals surface area contributed by atoms with Gasteiger partial charge in [-0.2, -0.15) is 5.10 Å². The highest BCUT2D eigenvalue weighted by atomic mass is 35.5. The Morgan fingerprint density at radius 3 is 1.95 bits per heavy atom. The third-order valence-corrected chi connectivity index (χ3v) is 5.66. The van der Waals surface area contributed by atoms with E-state index in [1.54, 1.807) is 0 Å². The number of hydrogen-bond donors (Lipinski definition) is 1. The van der Waals surface area contributed by atoms with Crippen LogP contribution in [-0.2, 0) is 13.1 Å². The van der Waals surface area contributed by atoms with Crippen molar-refractivity contribution in [1.29, 1.82) is 0 Å². The highest BCUT2D eigenvalue weighted by molar-refractivity contribution is 6.32. The molecule has 13 heteroatoms. The molecule has 0 aliphatic heterocycles. The normalized spacial score (nSPS) is 10.6. The Balaban J connectivity index is 0.000000212. The zero-order valence-corrected chi connectivity index (χ0v) is 20.7. The predicted octanol–water partition coefficient (Wildman–Crippen LogP) is 4.58. The standard InChI is InChI=1S/C13H9ClF2N2O2.C12H10F2N2O2/c1-7(20)12-9(6-19)13(14)18(17-12)5-8-3-2-4-10(15)11(8)16;1-7(17)10-5-11(18)16(15-10)6-8-3-2-4-9(13)12(8)14/h2-4,6H,5H2,1H3;2-5,15H,6H2,1H3. The molecule has 0 aliphatic rings. The number of H-pyrrole nitrogens is 1. The van der Waals surface area contributed by atoms with E-state index in [2.05, 4.69) is 10.2 Å². The van der Waals surface area contributed by atoms with Crippen LogP contribution in [0.5, 0.6) is 0 Å². The topological polar surface area (TPSA) is 107 Å². The molecule has 1 N–H and O–H groups in total. The van der Waals surface area contributed by atoms with E-state index in [0.29, 0.717) is 6.29 Å². The van der Waals surface area contributed by atoms with E-state index in [1.165, 1.54) is 38.1 Å². The maximum absolute atomic E-state index is 13.6. The average Bonchev–Trinajstić information content (AvgIpc) is 3.39.